The Kier molecular flexibility index (Phi) is 12.0. The number of rotatable bonds is 12. The molecule has 0 spiro atoms. The predicted octanol–water partition coefficient (Wildman–Crippen LogP) is 7.64. The molecule has 7 rings (SSSR count). The van der Waals surface area contributed by atoms with Gasteiger partial charge in [-0.2, -0.15) is 0 Å². The fourth-order valence-corrected chi connectivity index (χ4v) is 8.47. The molecule has 0 bridgehead atoms. The smallest absolute Gasteiger partial charge is 0.407 e. The van der Waals surface area contributed by atoms with E-state index in [1.807, 2.05) is 35.9 Å². The van der Waals surface area contributed by atoms with Crippen LogP contribution >= 0.6 is 0 Å². The monoisotopic (exact) mass is 790 g/mol. The number of aromatic amines is 2. The zero-order valence-corrected chi connectivity index (χ0v) is 34.1. The highest BCUT2D eigenvalue weighted by atomic mass is 16.5. The second-order valence-electron chi connectivity index (χ2n) is 16.3. The third kappa shape index (κ3) is 8.65. The molecule has 0 aliphatic carbocycles. The number of benzene rings is 3. The summed E-state index contributed by atoms with van der Waals surface area (Å²) in [4.78, 5) is 71.5. The van der Waals surface area contributed by atoms with E-state index in [0.717, 1.165) is 81.5 Å². The summed E-state index contributed by atoms with van der Waals surface area (Å²) in [5, 5.41) is 7.72. The summed E-state index contributed by atoms with van der Waals surface area (Å²) in [5.74, 6) is 1.56. The van der Waals surface area contributed by atoms with Gasteiger partial charge in [0.2, 0.25) is 11.8 Å². The van der Waals surface area contributed by atoms with Gasteiger partial charge in [-0.3, -0.25) is 9.59 Å². The average molecular weight is 791 g/mol. The Hall–Kier alpha value is -5.92. The first kappa shape index (κ1) is 40.3. The van der Waals surface area contributed by atoms with Crippen molar-refractivity contribution >= 4 is 45.8 Å². The van der Waals surface area contributed by atoms with Crippen molar-refractivity contribution in [2.75, 3.05) is 27.3 Å². The van der Waals surface area contributed by atoms with E-state index >= 15 is 0 Å². The molecule has 4 N–H and O–H groups in total. The molecule has 14 nitrogen and oxygen atoms in total. The molecule has 4 atom stereocenters. The normalized spacial score (nSPS) is 17.9. The number of ether oxygens (including phenoxy) is 2. The van der Waals surface area contributed by atoms with Gasteiger partial charge in [-0.25, -0.2) is 19.6 Å². The second-order valence-corrected chi connectivity index (χ2v) is 16.3. The molecule has 2 fully saturated rings. The van der Waals surface area contributed by atoms with Gasteiger partial charge < -0.3 is 39.9 Å². The number of methoxy groups -OCH3 is 2. The molecule has 4 heterocycles. The summed E-state index contributed by atoms with van der Waals surface area (Å²) in [5.41, 5.74) is 5.71. The lowest BCUT2D eigenvalue weighted by Crippen LogP contribution is -2.51. The fourth-order valence-electron chi connectivity index (χ4n) is 8.47. The number of hydrogen-bond acceptors (Lipinski definition) is 8. The first-order valence-electron chi connectivity index (χ1n) is 20.3. The molecule has 1 unspecified atom stereocenters. The maximum Gasteiger partial charge on any atom is 0.407 e. The zero-order chi connectivity index (χ0) is 41.1. The van der Waals surface area contributed by atoms with E-state index in [1.54, 1.807) is 0 Å². The Morgan fingerprint density at radius 1 is 0.776 bits per heavy atom. The van der Waals surface area contributed by atoms with Gasteiger partial charge in [-0.15, -0.1) is 0 Å². The third-order valence-corrected chi connectivity index (χ3v) is 11.4. The highest BCUT2D eigenvalue weighted by Gasteiger charge is 2.38. The molecule has 0 saturated carbocycles. The molecule has 0 radical (unpaired) electrons. The van der Waals surface area contributed by atoms with Crippen LogP contribution in [-0.4, -0.2) is 93.1 Å². The lowest BCUT2D eigenvalue weighted by atomic mass is 9.99. The minimum absolute atomic E-state index is 0.00489. The summed E-state index contributed by atoms with van der Waals surface area (Å²) in [7, 11) is 2.62. The minimum Gasteiger partial charge on any atom is -0.453 e. The molecule has 2 aliphatic rings. The number of H-pyrrole nitrogens is 2. The number of likely N-dealkylation sites (tertiary alicyclic amines) is 2. The van der Waals surface area contributed by atoms with Crippen LogP contribution < -0.4 is 10.6 Å². The summed E-state index contributed by atoms with van der Waals surface area (Å²) in [6, 6.07) is 17.6. The Balaban J connectivity index is 1.05. The molecule has 2 aromatic heterocycles. The van der Waals surface area contributed by atoms with E-state index in [2.05, 4.69) is 83.0 Å². The third-order valence-electron chi connectivity index (χ3n) is 11.4. The van der Waals surface area contributed by atoms with E-state index in [0.29, 0.717) is 25.4 Å². The Morgan fingerprint density at radius 3 is 2.09 bits per heavy atom. The van der Waals surface area contributed by atoms with E-state index in [9.17, 15) is 19.2 Å². The van der Waals surface area contributed by atoms with Gasteiger partial charge in [-0.1, -0.05) is 58.0 Å². The van der Waals surface area contributed by atoms with Crippen LogP contribution in [0.5, 0.6) is 0 Å². The number of aromatic nitrogens is 4. The Morgan fingerprint density at radius 2 is 1.40 bits per heavy atom. The van der Waals surface area contributed by atoms with Crippen LogP contribution in [0.4, 0.5) is 9.59 Å². The van der Waals surface area contributed by atoms with Gasteiger partial charge in [0.1, 0.15) is 17.7 Å². The predicted molar refractivity (Wildman–Crippen MR) is 222 cm³/mol. The van der Waals surface area contributed by atoms with Crippen molar-refractivity contribution in [2.24, 2.45) is 11.8 Å². The lowest BCUT2D eigenvalue weighted by Gasteiger charge is -2.29. The second kappa shape index (κ2) is 17.3. The maximum atomic E-state index is 13.6. The summed E-state index contributed by atoms with van der Waals surface area (Å²) in [6.07, 6.45) is 4.90. The van der Waals surface area contributed by atoms with E-state index < -0.39 is 18.2 Å². The molecule has 306 valence electrons. The maximum absolute atomic E-state index is 13.6. The van der Waals surface area contributed by atoms with E-state index in [1.165, 1.54) is 14.2 Å². The average Bonchev–Trinajstić information content (AvgIpc) is 4.04. The number of nitrogens with zero attached hydrogens (tertiary/aromatic N) is 4. The molecule has 3 aromatic carbocycles. The fraction of sp³-hybridized carbons (Fsp3) is 0.455. The topological polar surface area (TPSA) is 175 Å². The van der Waals surface area contributed by atoms with Crippen LogP contribution in [0.15, 0.2) is 60.8 Å². The first-order valence-corrected chi connectivity index (χ1v) is 20.3. The summed E-state index contributed by atoms with van der Waals surface area (Å²) < 4.78 is 9.58. The summed E-state index contributed by atoms with van der Waals surface area (Å²) in [6.45, 7) is 9.19. The number of hydrogen-bond donors (Lipinski definition) is 4. The van der Waals surface area contributed by atoms with Crippen LogP contribution in [0.1, 0.15) is 90.0 Å². The molecule has 2 aliphatic heterocycles. The molecule has 2 saturated heterocycles. The van der Waals surface area contributed by atoms with Crippen LogP contribution in [0.2, 0.25) is 0 Å². The van der Waals surface area contributed by atoms with Crippen LogP contribution in [0, 0.1) is 11.8 Å². The van der Waals surface area contributed by atoms with E-state index in [-0.39, 0.29) is 42.3 Å². The molecule has 4 amide bonds. The number of amides is 4. The standard InChI is InChI=1S/C44H54N8O6/c1-25(2)19-32(46-43(55)57-5)23-38(53)51-17-7-9-36(51)40-45-24-35(49-40)31-14-13-27-20-28(11-12-29(27)21-31)30-15-16-33-34(22-30)48-41(47-33)37-10-8-18-52(37)42(54)39(26(3)4)50-44(56)58-6/h11-16,20-22,24-26,32,36-37,39H,7-10,17-19,23H2,1-6H3,(H,45,49)(H,46,55)(H,47,48)(H,50,56)/t32?,36-,37-,39-/m0/s1. The number of alkyl carbamates (subject to hydrolysis) is 2. The number of fused-ring (bicyclic) bond motifs is 2. The largest absolute Gasteiger partial charge is 0.453 e. The van der Waals surface area contributed by atoms with Crippen molar-refractivity contribution in [3.8, 4) is 22.4 Å². The highest BCUT2D eigenvalue weighted by Crippen LogP contribution is 2.36. The van der Waals surface area contributed by atoms with Crippen molar-refractivity contribution in [2.45, 2.75) is 90.4 Å². The van der Waals surface area contributed by atoms with Crippen molar-refractivity contribution in [1.29, 1.82) is 0 Å². The van der Waals surface area contributed by atoms with Crippen molar-refractivity contribution < 1.29 is 28.7 Å². The number of carbonyl (C=O) groups is 4. The number of nitrogens with one attached hydrogen (secondary N) is 4. The van der Waals surface area contributed by atoms with Gasteiger partial charge in [0.05, 0.1) is 49.2 Å². The van der Waals surface area contributed by atoms with Gasteiger partial charge in [-0.05, 0) is 90.1 Å². The van der Waals surface area contributed by atoms with Gasteiger partial charge >= 0.3 is 12.2 Å². The first-order chi connectivity index (χ1) is 27.9. The van der Waals surface area contributed by atoms with Crippen LogP contribution in [0.3, 0.4) is 0 Å². The van der Waals surface area contributed by atoms with Crippen LogP contribution in [-0.2, 0) is 19.1 Å². The number of carbonyl (C=O) groups excluding carboxylic acids is 4. The molecular formula is C44H54N8O6. The van der Waals surface area contributed by atoms with Crippen molar-refractivity contribution in [3.05, 3.63) is 72.4 Å². The zero-order valence-electron chi connectivity index (χ0n) is 34.1. The quantitative estimate of drug-likeness (QED) is 0.0998. The highest BCUT2D eigenvalue weighted by molar-refractivity contribution is 5.92. The Labute approximate surface area is 338 Å². The van der Waals surface area contributed by atoms with Gasteiger partial charge in [0.15, 0.2) is 0 Å². The minimum atomic E-state index is -0.692. The number of imidazole rings is 2. The SMILES string of the molecule is COC(=O)NC(CC(=O)N1CCC[C@H]1c1ncc(-c2ccc3cc(-c4ccc5nc([C@@H]6CCCN6C(=O)[C@@H](NC(=O)OC)C(C)C)[nH]c5c4)ccc3c2)[nH]1)CC(C)C. The molecule has 14 heteroatoms. The molecule has 58 heavy (non-hydrogen) atoms. The summed E-state index contributed by atoms with van der Waals surface area (Å²) >= 11 is 0. The molecular weight excluding hydrogens is 737 g/mol. The van der Waals surface area contributed by atoms with Gasteiger partial charge in [0, 0.05) is 31.1 Å². The Bertz CT molecular complexity index is 2300. The van der Waals surface area contributed by atoms with Crippen molar-refractivity contribution in [3.63, 3.8) is 0 Å². The molecule has 5 aromatic rings. The van der Waals surface area contributed by atoms with Crippen molar-refractivity contribution in [1.82, 2.24) is 40.4 Å². The van der Waals surface area contributed by atoms with Gasteiger partial charge in [0.25, 0.3) is 0 Å². The van der Waals surface area contributed by atoms with Crippen LogP contribution in [0.25, 0.3) is 44.2 Å². The van der Waals surface area contributed by atoms with E-state index in [4.69, 9.17) is 19.4 Å². The lowest BCUT2D eigenvalue weighted by molar-refractivity contribution is -0.135.